The van der Waals surface area contributed by atoms with E-state index in [2.05, 4.69) is 73.9 Å². The first-order valence-electron chi connectivity index (χ1n) is 8.83. The highest BCUT2D eigenvalue weighted by Crippen LogP contribution is 2.31. The Morgan fingerprint density at radius 3 is 1.88 bits per heavy atom. The molecule has 0 atom stereocenters. The quantitative estimate of drug-likeness (QED) is 0.612. The summed E-state index contributed by atoms with van der Waals surface area (Å²) in [6, 6.07) is 13.0. The zero-order chi connectivity index (χ0) is 18.8. The molecule has 2 aromatic carbocycles. The van der Waals surface area contributed by atoms with E-state index in [0.29, 0.717) is 13.2 Å². The van der Waals surface area contributed by atoms with E-state index in [1.165, 1.54) is 35.1 Å². The molecule has 1 aliphatic rings. The number of carbonyl (C=O) groups is 1. The molecule has 4 nitrogen and oxygen atoms in total. The molecule has 2 aromatic rings. The van der Waals surface area contributed by atoms with Crippen LogP contribution in [0.3, 0.4) is 0 Å². The van der Waals surface area contributed by atoms with Crippen LogP contribution in [-0.4, -0.2) is 26.3 Å². The summed E-state index contributed by atoms with van der Waals surface area (Å²) < 4.78 is 4.86. The molecule has 1 fully saturated rings. The van der Waals surface area contributed by atoms with Gasteiger partial charge < -0.3 is 14.5 Å². The van der Waals surface area contributed by atoms with Crippen molar-refractivity contribution in [3.63, 3.8) is 0 Å². The third kappa shape index (κ3) is 3.90. The average Bonchev–Trinajstić information content (AvgIpc) is 2.96. The van der Waals surface area contributed by atoms with E-state index in [0.717, 1.165) is 11.4 Å². The number of benzene rings is 2. The Balaban J connectivity index is 2.00. The summed E-state index contributed by atoms with van der Waals surface area (Å²) in [5, 5.41) is 0. The highest BCUT2D eigenvalue weighted by Gasteiger charge is 2.27. The van der Waals surface area contributed by atoms with Crippen LogP contribution >= 0.6 is 0 Å². The van der Waals surface area contributed by atoms with Crippen LogP contribution in [0.25, 0.3) is 0 Å². The molecule has 0 amide bonds. The second-order valence-corrected chi connectivity index (χ2v) is 7.12. The number of rotatable bonds is 3. The fraction of sp³-hybridized carbons (Fsp3) is 0.318. The highest BCUT2D eigenvalue weighted by atomic mass is 16.5. The van der Waals surface area contributed by atoms with Crippen LogP contribution in [0.15, 0.2) is 48.2 Å². The standard InChI is InChI=1S/C22H26N2O2/c1-15-6-16(2)9-19(8-15)23-13-21(12-22(25)26-5)24(14-23)20-10-17(3)7-18(4)11-20/h6-12H,13-14H2,1-5H3/b21-12+. The molecule has 3 rings (SSSR count). The van der Waals surface area contributed by atoms with Gasteiger partial charge in [-0.15, -0.1) is 0 Å². The van der Waals surface area contributed by atoms with E-state index in [1.54, 1.807) is 6.08 Å². The molecule has 1 saturated heterocycles. The number of carbonyl (C=O) groups excluding carboxylic acids is 1. The Labute approximate surface area is 155 Å². The number of esters is 1. The Bertz CT molecular complexity index is 830. The van der Waals surface area contributed by atoms with E-state index in [-0.39, 0.29) is 5.97 Å². The summed E-state index contributed by atoms with van der Waals surface area (Å²) in [6.07, 6.45) is 1.60. The van der Waals surface area contributed by atoms with Crippen LogP contribution in [0.4, 0.5) is 11.4 Å². The van der Waals surface area contributed by atoms with Gasteiger partial charge in [-0.05, 0) is 74.2 Å². The summed E-state index contributed by atoms with van der Waals surface area (Å²) in [5.74, 6) is -0.323. The lowest BCUT2D eigenvalue weighted by Gasteiger charge is -2.22. The second kappa shape index (κ2) is 7.24. The third-order valence-electron chi connectivity index (χ3n) is 4.59. The van der Waals surface area contributed by atoms with Crippen molar-refractivity contribution in [2.24, 2.45) is 0 Å². The van der Waals surface area contributed by atoms with E-state index >= 15 is 0 Å². The van der Waals surface area contributed by atoms with Crippen LogP contribution in [0.5, 0.6) is 0 Å². The van der Waals surface area contributed by atoms with Gasteiger partial charge in [-0.2, -0.15) is 0 Å². The molecule has 0 saturated carbocycles. The number of ether oxygens (including phenoxy) is 1. The lowest BCUT2D eigenvalue weighted by molar-refractivity contribution is -0.134. The number of nitrogens with zero attached hydrogens (tertiary/aromatic N) is 2. The van der Waals surface area contributed by atoms with Crippen LogP contribution in [0, 0.1) is 27.7 Å². The minimum absolute atomic E-state index is 0.323. The normalized spacial score (nSPS) is 15.7. The van der Waals surface area contributed by atoms with Crippen molar-refractivity contribution in [3.8, 4) is 0 Å². The average molecular weight is 350 g/mol. The molecule has 0 bridgehead atoms. The topological polar surface area (TPSA) is 32.8 Å². The maximum atomic E-state index is 11.9. The minimum Gasteiger partial charge on any atom is -0.466 e. The maximum Gasteiger partial charge on any atom is 0.332 e. The largest absolute Gasteiger partial charge is 0.466 e. The lowest BCUT2D eigenvalue weighted by Crippen LogP contribution is -2.25. The van der Waals surface area contributed by atoms with Gasteiger partial charge in [0.1, 0.15) is 0 Å². The summed E-state index contributed by atoms with van der Waals surface area (Å²) in [5.41, 5.74) is 8.12. The first-order chi connectivity index (χ1) is 12.4. The number of hydrogen-bond donors (Lipinski definition) is 0. The molecule has 26 heavy (non-hydrogen) atoms. The Kier molecular flexibility index (Phi) is 5.03. The molecule has 136 valence electrons. The summed E-state index contributed by atoms with van der Waals surface area (Å²) in [4.78, 5) is 16.4. The van der Waals surface area contributed by atoms with E-state index in [1.807, 2.05) is 0 Å². The number of hydrogen-bond acceptors (Lipinski definition) is 4. The summed E-state index contributed by atoms with van der Waals surface area (Å²) >= 11 is 0. The van der Waals surface area contributed by atoms with Gasteiger partial charge in [0, 0.05) is 23.1 Å². The van der Waals surface area contributed by atoms with Gasteiger partial charge in [0.2, 0.25) is 0 Å². The SMILES string of the molecule is COC(=O)/C=C1\CN(c2cc(C)cc(C)c2)CN1c1cc(C)cc(C)c1. The monoisotopic (exact) mass is 350 g/mol. The molecule has 0 radical (unpaired) electrons. The van der Waals surface area contributed by atoms with Gasteiger partial charge in [-0.3, -0.25) is 0 Å². The van der Waals surface area contributed by atoms with Gasteiger partial charge in [0.15, 0.2) is 0 Å². The van der Waals surface area contributed by atoms with Crippen molar-refractivity contribution in [2.75, 3.05) is 30.1 Å². The van der Waals surface area contributed by atoms with Crippen molar-refractivity contribution in [1.82, 2.24) is 0 Å². The highest BCUT2D eigenvalue weighted by molar-refractivity contribution is 5.84. The summed E-state index contributed by atoms with van der Waals surface area (Å²) in [7, 11) is 1.41. The molecule has 0 spiro atoms. The predicted octanol–water partition coefficient (Wildman–Crippen LogP) is 4.26. The molecular formula is C22H26N2O2. The molecule has 1 aliphatic heterocycles. The third-order valence-corrected chi connectivity index (χ3v) is 4.59. The van der Waals surface area contributed by atoms with Crippen LogP contribution in [0.1, 0.15) is 22.3 Å². The maximum absolute atomic E-state index is 11.9. The van der Waals surface area contributed by atoms with E-state index in [4.69, 9.17) is 4.74 Å². The number of anilines is 2. The smallest absolute Gasteiger partial charge is 0.332 e. The van der Waals surface area contributed by atoms with Gasteiger partial charge >= 0.3 is 5.97 Å². The van der Waals surface area contributed by atoms with E-state index < -0.39 is 0 Å². The fourth-order valence-corrected chi connectivity index (χ4v) is 3.57. The van der Waals surface area contributed by atoms with Crippen LogP contribution in [-0.2, 0) is 9.53 Å². The van der Waals surface area contributed by atoms with Gasteiger partial charge in [0.25, 0.3) is 0 Å². The van der Waals surface area contributed by atoms with Gasteiger partial charge in [-0.25, -0.2) is 4.79 Å². The van der Waals surface area contributed by atoms with Crippen molar-refractivity contribution in [2.45, 2.75) is 27.7 Å². The van der Waals surface area contributed by atoms with Crippen molar-refractivity contribution < 1.29 is 9.53 Å². The molecular weight excluding hydrogens is 324 g/mol. The fourth-order valence-electron chi connectivity index (χ4n) is 3.57. The Morgan fingerprint density at radius 2 is 1.38 bits per heavy atom. The van der Waals surface area contributed by atoms with Gasteiger partial charge in [-0.1, -0.05) is 12.1 Å². The molecule has 0 unspecified atom stereocenters. The van der Waals surface area contributed by atoms with Crippen LogP contribution < -0.4 is 9.80 Å². The Morgan fingerprint density at radius 1 is 0.885 bits per heavy atom. The summed E-state index contributed by atoms with van der Waals surface area (Å²) in [6.45, 7) is 9.79. The Hall–Kier alpha value is -2.75. The van der Waals surface area contributed by atoms with E-state index in [9.17, 15) is 4.79 Å². The lowest BCUT2D eigenvalue weighted by atomic mass is 10.1. The minimum atomic E-state index is -0.323. The predicted molar refractivity (Wildman–Crippen MR) is 107 cm³/mol. The van der Waals surface area contributed by atoms with Crippen molar-refractivity contribution >= 4 is 17.3 Å². The number of methoxy groups -OCH3 is 1. The molecule has 4 heteroatoms. The van der Waals surface area contributed by atoms with Crippen molar-refractivity contribution in [3.05, 3.63) is 70.4 Å². The zero-order valence-corrected chi connectivity index (χ0v) is 16.2. The number of aryl methyl sites for hydroxylation is 4. The van der Waals surface area contributed by atoms with Crippen molar-refractivity contribution in [1.29, 1.82) is 0 Å². The first kappa shape index (κ1) is 18.1. The second-order valence-electron chi connectivity index (χ2n) is 7.12. The zero-order valence-electron chi connectivity index (χ0n) is 16.2. The van der Waals surface area contributed by atoms with Crippen LogP contribution in [0.2, 0.25) is 0 Å². The molecule has 1 heterocycles. The molecule has 0 N–H and O–H groups in total. The molecule has 0 aromatic heterocycles. The van der Waals surface area contributed by atoms with Gasteiger partial charge in [0.05, 0.1) is 20.3 Å². The first-order valence-corrected chi connectivity index (χ1v) is 8.83. The molecule has 0 aliphatic carbocycles.